The Morgan fingerprint density at radius 2 is 2.00 bits per heavy atom. The molecule has 0 spiro atoms. The third-order valence-electron chi connectivity index (χ3n) is 3.99. The normalized spacial score (nSPS) is 24.2. The van der Waals surface area contributed by atoms with E-state index in [0.29, 0.717) is 12.6 Å². The molecule has 0 bridgehead atoms. The number of morpholine rings is 1. The second-order valence-corrected chi connectivity index (χ2v) is 7.90. The quantitative estimate of drug-likeness (QED) is 0.361. The Balaban J connectivity index is 0.00000242. The molecule has 2 heterocycles. The number of halogens is 1. The molecule has 0 aromatic carbocycles. The first kappa shape index (κ1) is 19.9. The van der Waals surface area contributed by atoms with Crippen molar-refractivity contribution < 1.29 is 13.2 Å². The molecule has 9 heteroatoms. The van der Waals surface area contributed by atoms with Crippen LogP contribution in [0.2, 0.25) is 0 Å². The number of guanidine groups is 1. The molecule has 1 atom stereocenters. The van der Waals surface area contributed by atoms with Gasteiger partial charge in [0.15, 0.2) is 5.96 Å². The summed E-state index contributed by atoms with van der Waals surface area (Å²) in [6, 6.07) is 0.544. The molecule has 0 radical (unpaired) electrons. The zero-order valence-corrected chi connectivity index (χ0v) is 16.5. The predicted molar refractivity (Wildman–Crippen MR) is 98.9 cm³/mol. The van der Waals surface area contributed by atoms with E-state index >= 15 is 0 Å². The first-order valence-corrected chi connectivity index (χ1v) is 9.51. The van der Waals surface area contributed by atoms with Crippen LogP contribution in [-0.2, 0) is 14.6 Å². The third kappa shape index (κ3) is 6.17. The van der Waals surface area contributed by atoms with Gasteiger partial charge in [0.1, 0.15) is 9.84 Å². The van der Waals surface area contributed by atoms with E-state index < -0.39 is 9.84 Å². The van der Waals surface area contributed by atoms with Crippen LogP contribution >= 0.6 is 24.0 Å². The Bertz CT molecular complexity index is 466. The summed E-state index contributed by atoms with van der Waals surface area (Å²) in [4.78, 5) is 8.95. The number of hydrogen-bond acceptors (Lipinski definition) is 5. The number of sulfone groups is 1. The summed E-state index contributed by atoms with van der Waals surface area (Å²) in [7, 11) is -1.20. The van der Waals surface area contributed by atoms with Gasteiger partial charge in [-0.15, -0.1) is 24.0 Å². The maximum absolute atomic E-state index is 11.2. The van der Waals surface area contributed by atoms with Crippen molar-refractivity contribution >= 4 is 39.8 Å². The Morgan fingerprint density at radius 1 is 1.32 bits per heavy atom. The molecule has 130 valence electrons. The van der Waals surface area contributed by atoms with Gasteiger partial charge in [-0.3, -0.25) is 9.89 Å². The van der Waals surface area contributed by atoms with Gasteiger partial charge in [-0.2, -0.15) is 0 Å². The molecule has 2 fully saturated rings. The van der Waals surface area contributed by atoms with Crippen molar-refractivity contribution in [3.63, 3.8) is 0 Å². The van der Waals surface area contributed by atoms with Crippen molar-refractivity contribution in [3.8, 4) is 0 Å². The highest BCUT2D eigenvalue weighted by Gasteiger charge is 2.30. The van der Waals surface area contributed by atoms with E-state index in [2.05, 4.69) is 20.1 Å². The summed E-state index contributed by atoms with van der Waals surface area (Å²) < 4.78 is 27.7. The van der Waals surface area contributed by atoms with Gasteiger partial charge in [0, 0.05) is 52.1 Å². The molecular formula is C13H27IN4O3S. The van der Waals surface area contributed by atoms with Gasteiger partial charge >= 0.3 is 0 Å². The van der Waals surface area contributed by atoms with Crippen molar-refractivity contribution in [2.24, 2.45) is 4.99 Å². The van der Waals surface area contributed by atoms with Gasteiger partial charge in [-0.1, -0.05) is 0 Å². The number of rotatable bonds is 4. The zero-order valence-electron chi connectivity index (χ0n) is 13.3. The van der Waals surface area contributed by atoms with E-state index in [0.717, 1.165) is 51.8 Å². The molecule has 0 aliphatic carbocycles. The number of ether oxygens (including phenoxy) is 1. The monoisotopic (exact) mass is 446 g/mol. The van der Waals surface area contributed by atoms with Crippen molar-refractivity contribution in [3.05, 3.63) is 0 Å². The van der Waals surface area contributed by atoms with E-state index in [1.165, 1.54) is 6.26 Å². The highest BCUT2D eigenvalue weighted by Crippen LogP contribution is 2.16. The van der Waals surface area contributed by atoms with Crippen molar-refractivity contribution in [2.75, 3.05) is 65.0 Å². The van der Waals surface area contributed by atoms with Gasteiger partial charge < -0.3 is 15.0 Å². The number of nitrogens with zero attached hydrogens (tertiary/aromatic N) is 3. The van der Waals surface area contributed by atoms with Crippen molar-refractivity contribution in [1.29, 1.82) is 0 Å². The van der Waals surface area contributed by atoms with Gasteiger partial charge in [0.05, 0.1) is 19.0 Å². The van der Waals surface area contributed by atoms with Crippen LogP contribution in [-0.4, -0.2) is 95.2 Å². The molecule has 2 rings (SSSR count). The van der Waals surface area contributed by atoms with Crippen LogP contribution in [0.5, 0.6) is 0 Å². The molecule has 22 heavy (non-hydrogen) atoms. The summed E-state index contributed by atoms with van der Waals surface area (Å²) in [6.07, 6.45) is 2.37. The fourth-order valence-corrected chi connectivity index (χ4v) is 3.33. The fraction of sp³-hybridized carbons (Fsp3) is 0.923. The second kappa shape index (κ2) is 9.24. The highest BCUT2D eigenvalue weighted by molar-refractivity contribution is 14.0. The van der Waals surface area contributed by atoms with E-state index in [1.54, 1.807) is 7.05 Å². The minimum atomic E-state index is -2.94. The van der Waals surface area contributed by atoms with Crippen LogP contribution in [0.4, 0.5) is 0 Å². The van der Waals surface area contributed by atoms with Crippen LogP contribution in [0, 0.1) is 0 Å². The minimum absolute atomic E-state index is 0. The third-order valence-corrected chi connectivity index (χ3v) is 4.94. The van der Waals surface area contributed by atoms with E-state index in [1.807, 2.05) is 0 Å². The molecule has 1 N–H and O–H groups in total. The SMILES string of the molecule is CN=C(NCCS(C)(=O)=O)N1CCC(N2CCOCC2)C1.I. The first-order chi connectivity index (χ1) is 9.99. The lowest BCUT2D eigenvalue weighted by molar-refractivity contribution is 0.0195. The van der Waals surface area contributed by atoms with Crippen LogP contribution in [0.3, 0.4) is 0 Å². The second-order valence-electron chi connectivity index (χ2n) is 5.64. The first-order valence-electron chi connectivity index (χ1n) is 7.45. The average Bonchev–Trinajstić information content (AvgIpc) is 2.93. The molecule has 0 aromatic heterocycles. The zero-order chi connectivity index (χ0) is 15.3. The Morgan fingerprint density at radius 3 is 2.59 bits per heavy atom. The summed E-state index contributed by atoms with van der Waals surface area (Å²) in [6.45, 7) is 5.94. The fourth-order valence-electron chi connectivity index (χ4n) is 2.86. The lowest BCUT2D eigenvalue weighted by atomic mass is 10.2. The van der Waals surface area contributed by atoms with Crippen molar-refractivity contribution in [2.45, 2.75) is 12.5 Å². The lowest BCUT2D eigenvalue weighted by Gasteiger charge is -2.32. The van der Waals surface area contributed by atoms with Crippen LogP contribution in [0.25, 0.3) is 0 Å². The van der Waals surface area contributed by atoms with Crippen LogP contribution in [0.15, 0.2) is 4.99 Å². The van der Waals surface area contributed by atoms with E-state index in [4.69, 9.17) is 4.74 Å². The topological polar surface area (TPSA) is 74.2 Å². The smallest absolute Gasteiger partial charge is 0.193 e. The molecule has 0 aromatic rings. The summed E-state index contributed by atoms with van der Waals surface area (Å²) in [5.74, 6) is 0.932. The van der Waals surface area contributed by atoms with Gasteiger partial charge in [-0.05, 0) is 6.42 Å². The summed E-state index contributed by atoms with van der Waals surface area (Å²) in [5, 5.41) is 3.14. The molecule has 0 saturated carbocycles. The summed E-state index contributed by atoms with van der Waals surface area (Å²) >= 11 is 0. The van der Waals surface area contributed by atoms with Gasteiger partial charge in [0.2, 0.25) is 0 Å². The average molecular weight is 446 g/mol. The highest BCUT2D eigenvalue weighted by atomic mass is 127. The van der Waals surface area contributed by atoms with Gasteiger partial charge in [-0.25, -0.2) is 8.42 Å². The van der Waals surface area contributed by atoms with Crippen LogP contribution in [0.1, 0.15) is 6.42 Å². The molecule has 7 nitrogen and oxygen atoms in total. The molecule has 2 saturated heterocycles. The van der Waals surface area contributed by atoms with Crippen LogP contribution < -0.4 is 5.32 Å². The lowest BCUT2D eigenvalue weighted by Crippen LogP contribution is -2.47. The maximum Gasteiger partial charge on any atom is 0.193 e. The van der Waals surface area contributed by atoms with E-state index in [9.17, 15) is 8.42 Å². The molecule has 2 aliphatic heterocycles. The van der Waals surface area contributed by atoms with Gasteiger partial charge in [0.25, 0.3) is 0 Å². The standard InChI is InChI=1S/C13H26N4O3S.HI/c1-14-13(15-4-10-21(2,18)19)17-5-3-12(11-17)16-6-8-20-9-7-16;/h12H,3-11H2,1-2H3,(H,14,15);1H. The molecule has 0 amide bonds. The predicted octanol–water partition coefficient (Wildman–Crippen LogP) is -0.369. The number of hydrogen-bond donors (Lipinski definition) is 1. The molecule has 1 unspecified atom stereocenters. The maximum atomic E-state index is 11.2. The molecular weight excluding hydrogens is 419 g/mol. The minimum Gasteiger partial charge on any atom is -0.379 e. The van der Waals surface area contributed by atoms with E-state index in [-0.39, 0.29) is 29.7 Å². The Hall–Kier alpha value is -0.130. The number of likely N-dealkylation sites (tertiary alicyclic amines) is 1. The molecule has 2 aliphatic rings. The Kier molecular flexibility index (Phi) is 8.36. The largest absolute Gasteiger partial charge is 0.379 e. The van der Waals surface area contributed by atoms with Crippen molar-refractivity contribution in [1.82, 2.24) is 15.1 Å². The number of nitrogens with one attached hydrogen (secondary N) is 1. The summed E-state index contributed by atoms with van der Waals surface area (Å²) in [5.41, 5.74) is 0. The Labute approximate surface area is 150 Å². The number of aliphatic imine (C=N–C) groups is 1.